The maximum atomic E-state index is 4.98. The summed E-state index contributed by atoms with van der Waals surface area (Å²) in [5.74, 6) is 0. The Morgan fingerprint density at radius 3 is 2.93 bits per heavy atom. The highest BCUT2D eigenvalue weighted by Crippen LogP contribution is 1.95. The standard InChI is InChI=1S/C10H20N4O/c1-14-10(9-12-13-14)8-11-6-4-3-5-7-15-2/h9,11H,3-8H2,1-2H3. The van der Waals surface area contributed by atoms with Gasteiger partial charge in [-0.25, -0.2) is 0 Å². The summed E-state index contributed by atoms with van der Waals surface area (Å²) in [5, 5.41) is 11.0. The molecule has 0 aromatic carbocycles. The fourth-order valence-electron chi connectivity index (χ4n) is 1.36. The summed E-state index contributed by atoms with van der Waals surface area (Å²) in [5.41, 5.74) is 1.12. The summed E-state index contributed by atoms with van der Waals surface area (Å²) >= 11 is 0. The Hall–Kier alpha value is -0.940. The molecule has 0 bridgehead atoms. The molecular weight excluding hydrogens is 192 g/mol. The molecule has 86 valence electrons. The van der Waals surface area contributed by atoms with Gasteiger partial charge in [-0.05, 0) is 25.8 Å². The van der Waals surface area contributed by atoms with Crippen molar-refractivity contribution in [2.75, 3.05) is 20.3 Å². The third-order valence-corrected chi connectivity index (χ3v) is 2.32. The first kappa shape index (κ1) is 12.1. The van der Waals surface area contributed by atoms with Crippen LogP contribution in [0.4, 0.5) is 0 Å². The molecule has 0 saturated heterocycles. The number of unbranched alkanes of at least 4 members (excludes halogenated alkanes) is 2. The lowest BCUT2D eigenvalue weighted by molar-refractivity contribution is 0.192. The van der Waals surface area contributed by atoms with Gasteiger partial charge < -0.3 is 10.1 Å². The molecule has 15 heavy (non-hydrogen) atoms. The summed E-state index contributed by atoms with van der Waals surface area (Å²) in [7, 11) is 3.65. The van der Waals surface area contributed by atoms with Crippen LogP contribution in [0.2, 0.25) is 0 Å². The van der Waals surface area contributed by atoms with E-state index < -0.39 is 0 Å². The van der Waals surface area contributed by atoms with Crippen LogP contribution in [0.3, 0.4) is 0 Å². The lowest BCUT2D eigenvalue weighted by Crippen LogP contribution is -2.17. The zero-order chi connectivity index (χ0) is 10.9. The van der Waals surface area contributed by atoms with Crippen molar-refractivity contribution >= 4 is 0 Å². The fourth-order valence-corrected chi connectivity index (χ4v) is 1.36. The lowest BCUT2D eigenvalue weighted by Gasteiger charge is -2.04. The Kier molecular flexibility index (Phi) is 5.96. The van der Waals surface area contributed by atoms with Gasteiger partial charge >= 0.3 is 0 Å². The smallest absolute Gasteiger partial charge is 0.0738 e. The van der Waals surface area contributed by atoms with Crippen LogP contribution in [0.25, 0.3) is 0 Å². The van der Waals surface area contributed by atoms with Crippen molar-refractivity contribution in [2.45, 2.75) is 25.8 Å². The van der Waals surface area contributed by atoms with Crippen LogP contribution in [0.1, 0.15) is 25.0 Å². The van der Waals surface area contributed by atoms with Gasteiger partial charge in [-0.2, -0.15) is 0 Å². The van der Waals surface area contributed by atoms with E-state index in [9.17, 15) is 0 Å². The fraction of sp³-hybridized carbons (Fsp3) is 0.800. The Morgan fingerprint density at radius 2 is 2.27 bits per heavy atom. The predicted molar refractivity (Wildman–Crippen MR) is 58.4 cm³/mol. The average Bonchev–Trinajstić information content (AvgIpc) is 2.63. The van der Waals surface area contributed by atoms with Gasteiger partial charge in [-0.1, -0.05) is 5.21 Å². The molecule has 1 heterocycles. The van der Waals surface area contributed by atoms with Crippen LogP contribution < -0.4 is 5.32 Å². The van der Waals surface area contributed by atoms with E-state index in [0.717, 1.165) is 31.8 Å². The summed E-state index contributed by atoms with van der Waals surface area (Å²) in [6.07, 6.45) is 5.34. The summed E-state index contributed by atoms with van der Waals surface area (Å²) in [6.45, 7) is 2.74. The highest BCUT2D eigenvalue weighted by atomic mass is 16.5. The van der Waals surface area contributed by atoms with E-state index in [0.29, 0.717) is 0 Å². The molecule has 0 amide bonds. The van der Waals surface area contributed by atoms with Crippen LogP contribution in [0.5, 0.6) is 0 Å². The molecule has 5 heteroatoms. The maximum absolute atomic E-state index is 4.98. The number of hydrogen-bond donors (Lipinski definition) is 1. The molecule has 0 aliphatic heterocycles. The molecule has 1 rings (SSSR count). The largest absolute Gasteiger partial charge is 0.385 e. The minimum atomic E-state index is 0.841. The predicted octanol–water partition coefficient (Wildman–Crippen LogP) is 0.721. The van der Waals surface area contributed by atoms with Crippen molar-refractivity contribution < 1.29 is 4.74 Å². The zero-order valence-electron chi connectivity index (χ0n) is 9.57. The van der Waals surface area contributed by atoms with E-state index in [-0.39, 0.29) is 0 Å². The zero-order valence-corrected chi connectivity index (χ0v) is 9.57. The van der Waals surface area contributed by atoms with E-state index in [2.05, 4.69) is 15.6 Å². The van der Waals surface area contributed by atoms with Crippen molar-refractivity contribution in [3.05, 3.63) is 11.9 Å². The first-order valence-electron chi connectivity index (χ1n) is 5.38. The highest BCUT2D eigenvalue weighted by molar-refractivity contribution is 4.91. The number of hydrogen-bond acceptors (Lipinski definition) is 4. The number of ether oxygens (including phenoxy) is 1. The minimum absolute atomic E-state index is 0.841. The number of aromatic nitrogens is 3. The van der Waals surface area contributed by atoms with Crippen molar-refractivity contribution in [3.63, 3.8) is 0 Å². The molecule has 1 aromatic heterocycles. The van der Waals surface area contributed by atoms with Gasteiger partial charge in [0.2, 0.25) is 0 Å². The Balaban J connectivity index is 1.96. The maximum Gasteiger partial charge on any atom is 0.0738 e. The van der Waals surface area contributed by atoms with Crippen LogP contribution in [-0.4, -0.2) is 35.3 Å². The van der Waals surface area contributed by atoms with E-state index in [1.54, 1.807) is 18.0 Å². The molecule has 0 saturated carbocycles. The summed E-state index contributed by atoms with van der Waals surface area (Å²) < 4.78 is 6.77. The number of nitrogens with one attached hydrogen (secondary N) is 1. The second-order valence-corrected chi connectivity index (χ2v) is 3.58. The topological polar surface area (TPSA) is 52.0 Å². The minimum Gasteiger partial charge on any atom is -0.385 e. The third-order valence-electron chi connectivity index (χ3n) is 2.32. The van der Waals surface area contributed by atoms with Gasteiger partial charge in [-0.3, -0.25) is 4.68 Å². The third kappa shape index (κ3) is 4.90. The summed E-state index contributed by atoms with van der Waals surface area (Å²) in [4.78, 5) is 0. The molecule has 0 aliphatic carbocycles. The lowest BCUT2D eigenvalue weighted by atomic mass is 10.2. The molecule has 0 aliphatic rings. The van der Waals surface area contributed by atoms with Crippen LogP contribution in [0.15, 0.2) is 6.20 Å². The van der Waals surface area contributed by atoms with Gasteiger partial charge in [0.1, 0.15) is 0 Å². The molecule has 0 atom stereocenters. The Bertz CT molecular complexity index is 262. The number of rotatable bonds is 8. The van der Waals surface area contributed by atoms with Crippen molar-refractivity contribution in [1.82, 2.24) is 20.3 Å². The van der Waals surface area contributed by atoms with Gasteiger partial charge in [0.05, 0.1) is 11.9 Å². The normalized spacial score (nSPS) is 10.8. The Morgan fingerprint density at radius 1 is 1.40 bits per heavy atom. The van der Waals surface area contributed by atoms with Gasteiger partial charge in [0.25, 0.3) is 0 Å². The summed E-state index contributed by atoms with van der Waals surface area (Å²) in [6, 6.07) is 0. The molecule has 1 N–H and O–H groups in total. The number of nitrogens with zero attached hydrogens (tertiary/aromatic N) is 3. The monoisotopic (exact) mass is 212 g/mol. The number of methoxy groups -OCH3 is 1. The van der Waals surface area contributed by atoms with Crippen molar-refractivity contribution in [2.24, 2.45) is 7.05 Å². The van der Waals surface area contributed by atoms with Gasteiger partial charge in [0, 0.05) is 27.3 Å². The van der Waals surface area contributed by atoms with E-state index in [1.807, 2.05) is 7.05 Å². The van der Waals surface area contributed by atoms with E-state index >= 15 is 0 Å². The van der Waals surface area contributed by atoms with Crippen LogP contribution in [0, 0.1) is 0 Å². The highest BCUT2D eigenvalue weighted by Gasteiger charge is 1.97. The molecular formula is C10H20N4O. The van der Waals surface area contributed by atoms with Crippen LogP contribution >= 0.6 is 0 Å². The second kappa shape index (κ2) is 7.36. The van der Waals surface area contributed by atoms with Gasteiger partial charge in [0.15, 0.2) is 0 Å². The quantitative estimate of drug-likeness (QED) is 0.645. The molecule has 0 fully saturated rings. The molecule has 0 radical (unpaired) electrons. The molecule has 1 aromatic rings. The van der Waals surface area contributed by atoms with Gasteiger partial charge in [-0.15, -0.1) is 5.10 Å². The molecule has 5 nitrogen and oxygen atoms in total. The first-order valence-corrected chi connectivity index (χ1v) is 5.38. The van der Waals surface area contributed by atoms with Crippen LogP contribution in [-0.2, 0) is 18.3 Å². The average molecular weight is 212 g/mol. The van der Waals surface area contributed by atoms with E-state index in [1.165, 1.54) is 12.8 Å². The molecule has 0 unspecified atom stereocenters. The first-order chi connectivity index (χ1) is 7.34. The van der Waals surface area contributed by atoms with E-state index in [4.69, 9.17) is 4.74 Å². The Labute approximate surface area is 90.8 Å². The molecule has 0 spiro atoms. The SMILES string of the molecule is COCCCCCNCc1cnnn1C. The van der Waals surface area contributed by atoms with Crippen molar-refractivity contribution in [1.29, 1.82) is 0 Å². The number of aryl methyl sites for hydroxylation is 1. The second-order valence-electron chi connectivity index (χ2n) is 3.58. The van der Waals surface area contributed by atoms with Crippen molar-refractivity contribution in [3.8, 4) is 0 Å².